The minimum absolute atomic E-state index is 0.0359. The molecule has 1 unspecified atom stereocenters. The average molecular weight is 263 g/mol. The zero-order chi connectivity index (χ0) is 13.9. The Labute approximate surface area is 116 Å². The van der Waals surface area contributed by atoms with Crippen LogP contribution in [-0.4, -0.2) is 17.6 Å². The van der Waals surface area contributed by atoms with Gasteiger partial charge in [0.1, 0.15) is 0 Å². The highest BCUT2D eigenvalue weighted by atomic mass is 16.5. The lowest BCUT2D eigenvalue weighted by molar-refractivity contribution is -0.149. The van der Waals surface area contributed by atoms with Crippen molar-refractivity contribution in [3.05, 3.63) is 30.1 Å². The van der Waals surface area contributed by atoms with Gasteiger partial charge < -0.3 is 4.74 Å². The molecule has 0 aliphatic carbocycles. The van der Waals surface area contributed by atoms with E-state index in [-0.39, 0.29) is 11.9 Å². The van der Waals surface area contributed by atoms with Crippen LogP contribution in [0.15, 0.2) is 24.4 Å². The Kier molecular flexibility index (Phi) is 7.87. The number of hydrogen-bond donors (Lipinski definition) is 0. The summed E-state index contributed by atoms with van der Waals surface area (Å²) in [5, 5.41) is 0. The van der Waals surface area contributed by atoms with Gasteiger partial charge in [-0.3, -0.25) is 9.78 Å². The van der Waals surface area contributed by atoms with Crippen LogP contribution in [0.1, 0.15) is 51.6 Å². The molecule has 1 heterocycles. The zero-order valence-electron chi connectivity index (χ0n) is 12.1. The highest BCUT2D eigenvalue weighted by Gasteiger charge is 2.18. The first kappa shape index (κ1) is 15.7. The van der Waals surface area contributed by atoms with Gasteiger partial charge in [0.05, 0.1) is 12.5 Å². The molecule has 0 aliphatic heterocycles. The number of rotatable bonds is 9. The Hall–Kier alpha value is -1.38. The van der Waals surface area contributed by atoms with Gasteiger partial charge >= 0.3 is 5.97 Å². The maximum absolute atomic E-state index is 12.0. The molecule has 0 saturated heterocycles. The molecule has 0 saturated carbocycles. The fraction of sp³-hybridized carbons (Fsp3) is 0.625. The second kappa shape index (κ2) is 9.54. The van der Waals surface area contributed by atoms with Gasteiger partial charge in [0.25, 0.3) is 0 Å². The van der Waals surface area contributed by atoms with Crippen LogP contribution in [0, 0.1) is 5.92 Å². The first-order chi connectivity index (χ1) is 9.27. The third-order valence-corrected chi connectivity index (χ3v) is 3.21. The van der Waals surface area contributed by atoms with Gasteiger partial charge in [0.15, 0.2) is 0 Å². The van der Waals surface area contributed by atoms with Crippen molar-refractivity contribution < 1.29 is 9.53 Å². The minimum atomic E-state index is -0.0359. The number of nitrogens with zero attached hydrogens (tertiary/aromatic N) is 1. The number of carbonyl (C=O) groups excluding carboxylic acids is 1. The van der Waals surface area contributed by atoms with Crippen LogP contribution < -0.4 is 0 Å². The quantitative estimate of drug-likeness (QED) is 0.637. The molecule has 0 amide bonds. The van der Waals surface area contributed by atoms with Gasteiger partial charge in [-0.15, -0.1) is 0 Å². The van der Waals surface area contributed by atoms with Crippen molar-refractivity contribution in [3.8, 4) is 0 Å². The van der Waals surface area contributed by atoms with Gasteiger partial charge in [-0.05, 0) is 25.0 Å². The zero-order valence-corrected chi connectivity index (χ0v) is 12.1. The average Bonchev–Trinajstić information content (AvgIpc) is 2.44. The monoisotopic (exact) mass is 263 g/mol. The maximum atomic E-state index is 12.0. The van der Waals surface area contributed by atoms with Crippen molar-refractivity contribution in [3.63, 3.8) is 0 Å². The smallest absolute Gasteiger partial charge is 0.308 e. The Morgan fingerprint density at radius 2 is 2.11 bits per heavy atom. The number of pyridine rings is 1. The van der Waals surface area contributed by atoms with Crippen molar-refractivity contribution in [2.75, 3.05) is 6.61 Å². The van der Waals surface area contributed by atoms with Crippen LogP contribution in [-0.2, 0) is 16.0 Å². The van der Waals surface area contributed by atoms with Crippen LogP contribution in [0.3, 0.4) is 0 Å². The fourth-order valence-electron chi connectivity index (χ4n) is 2.10. The number of aromatic nitrogens is 1. The molecule has 0 aromatic carbocycles. The summed E-state index contributed by atoms with van der Waals surface area (Å²) in [6, 6.07) is 5.79. The van der Waals surface area contributed by atoms with Crippen LogP contribution >= 0.6 is 0 Å². The molecule has 19 heavy (non-hydrogen) atoms. The third-order valence-electron chi connectivity index (χ3n) is 3.21. The number of unbranched alkanes of at least 4 members (excludes halogenated alkanes) is 1. The van der Waals surface area contributed by atoms with E-state index >= 15 is 0 Å². The van der Waals surface area contributed by atoms with Crippen molar-refractivity contribution in [2.24, 2.45) is 5.92 Å². The van der Waals surface area contributed by atoms with Gasteiger partial charge in [0, 0.05) is 18.3 Å². The summed E-state index contributed by atoms with van der Waals surface area (Å²) in [5.74, 6) is 0.0416. The van der Waals surface area contributed by atoms with E-state index in [0.29, 0.717) is 13.0 Å². The van der Waals surface area contributed by atoms with E-state index in [1.807, 2.05) is 18.2 Å². The summed E-state index contributed by atoms with van der Waals surface area (Å²) < 4.78 is 5.38. The molecule has 0 N–H and O–H groups in total. The molecular weight excluding hydrogens is 238 g/mol. The Morgan fingerprint density at radius 1 is 1.26 bits per heavy atom. The molecule has 3 heteroatoms. The van der Waals surface area contributed by atoms with Crippen molar-refractivity contribution in [1.29, 1.82) is 0 Å². The lowest BCUT2D eigenvalue weighted by atomic mass is 9.97. The van der Waals surface area contributed by atoms with E-state index in [4.69, 9.17) is 4.74 Å². The Morgan fingerprint density at radius 3 is 2.74 bits per heavy atom. The highest BCUT2D eigenvalue weighted by Crippen LogP contribution is 2.16. The van der Waals surface area contributed by atoms with E-state index in [1.54, 1.807) is 6.20 Å². The molecule has 106 valence electrons. The summed E-state index contributed by atoms with van der Waals surface area (Å²) in [4.78, 5) is 16.2. The van der Waals surface area contributed by atoms with Crippen molar-refractivity contribution in [1.82, 2.24) is 4.98 Å². The van der Waals surface area contributed by atoms with E-state index < -0.39 is 0 Å². The molecule has 1 rings (SSSR count). The summed E-state index contributed by atoms with van der Waals surface area (Å²) in [6.45, 7) is 4.69. The normalized spacial score (nSPS) is 12.1. The molecule has 0 aliphatic rings. The SMILES string of the molecule is CCCCC(CCC)C(=O)OCCc1ccccn1. The predicted octanol–water partition coefficient (Wildman–Crippen LogP) is 3.77. The minimum Gasteiger partial charge on any atom is -0.465 e. The molecule has 1 atom stereocenters. The number of ether oxygens (including phenoxy) is 1. The van der Waals surface area contributed by atoms with Crippen LogP contribution in [0.5, 0.6) is 0 Å². The summed E-state index contributed by atoms with van der Waals surface area (Å²) in [6.07, 6.45) is 7.60. The lowest BCUT2D eigenvalue weighted by Crippen LogP contribution is -2.19. The van der Waals surface area contributed by atoms with Crippen molar-refractivity contribution >= 4 is 5.97 Å². The topological polar surface area (TPSA) is 39.2 Å². The van der Waals surface area contributed by atoms with Gasteiger partial charge in [0.2, 0.25) is 0 Å². The molecular formula is C16H25NO2. The van der Waals surface area contributed by atoms with E-state index in [9.17, 15) is 4.79 Å². The van der Waals surface area contributed by atoms with Crippen LogP contribution in [0.25, 0.3) is 0 Å². The molecule has 0 spiro atoms. The number of hydrogen-bond acceptors (Lipinski definition) is 3. The maximum Gasteiger partial charge on any atom is 0.308 e. The second-order valence-electron chi connectivity index (χ2n) is 4.87. The van der Waals surface area contributed by atoms with E-state index in [1.165, 1.54) is 0 Å². The second-order valence-corrected chi connectivity index (χ2v) is 4.87. The number of esters is 1. The summed E-state index contributed by atoms with van der Waals surface area (Å²) >= 11 is 0. The lowest BCUT2D eigenvalue weighted by Gasteiger charge is -2.14. The Bertz CT molecular complexity index is 351. The molecule has 0 bridgehead atoms. The van der Waals surface area contributed by atoms with E-state index in [0.717, 1.165) is 37.8 Å². The largest absolute Gasteiger partial charge is 0.465 e. The summed E-state index contributed by atoms with van der Waals surface area (Å²) in [7, 11) is 0. The van der Waals surface area contributed by atoms with E-state index in [2.05, 4.69) is 18.8 Å². The van der Waals surface area contributed by atoms with Gasteiger partial charge in [-0.25, -0.2) is 0 Å². The highest BCUT2D eigenvalue weighted by molar-refractivity contribution is 5.72. The van der Waals surface area contributed by atoms with Gasteiger partial charge in [-0.2, -0.15) is 0 Å². The standard InChI is InChI=1S/C16H25NO2/c1-3-5-9-14(8-4-2)16(18)19-13-11-15-10-6-7-12-17-15/h6-7,10,12,14H,3-5,8-9,11,13H2,1-2H3. The first-order valence-corrected chi connectivity index (χ1v) is 7.34. The number of carbonyl (C=O) groups is 1. The molecule has 0 radical (unpaired) electrons. The van der Waals surface area contributed by atoms with Crippen molar-refractivity contribution in [2.45, 2.75) is 52.4 Å². The molecule has 0 fully saturated rings. The third kappa shape index (κ3) is 6.37. The summed E-state index contributed by atoms with van der Waals surface area (Å²) in [5.41, 5.74) is 0.968. The molecule has 1 aromatic rings. The molecule has 3 nitrogen and oxygen atoms in total. The van der Waals surface area contributed by atoms with Gasteiger partial charge in [-0.1, -0.05) is 39.2 Å². The predicted molar refractivity (Wildman–Crippen MR) is 76.8 cm³/mol. The molecule has 1 aromatic heterocycles. The van der Waals surface area contributed by atoms with Crippen LogP contribution in [0.4, 0.5) is 0 Å². The Balaban J connectivity index is 2.31. The van der Waals surface area contributed by atoms with Crippen LogP contribution in [0.2, 0.25) is 0 Å². The first-order valence-electron chi connectivity index (χ1n) is 7.34. The fourth-order valence-corrected chi connectivity index (χ4v) is 2.10.